The fourth-order valence-electron chi connectivity index (χ4n) is 3.04. The van der Waals surface area contributed by atoms with Gasteiger partial charge in [0.15, 0.2) is 6.61 Å². The van der Waals surface area contributed by atoms with Crippen LogP contribution in [0.25, 0.3) is 10.2 Å². The van der Waals surface area contributed by atoms with Crippen molar-refractivity contribution >= 4 is 27.5 Å². The van der Waals surface area contributed by atoms with E-state index in [1.54, 1.807) is 0 Å². The highest BCUT2D eigenvalue weighted by molar-refractivity contribution is 7.16. The molecule has 1 N–H and O–H groups in total. The highest BCUT2D eigenvalue weighted by atomic mass is 32.1. The maximum atomic E-state index is 12.6. The van der Waals surface area contributed by atoms with E-state index in [1.807, 2.05) is 60.0 Å². The number of fused-ring (bicyclic) bond motifs is 1. The number of hydrogen-bond acceptors (Lipinski definition) is 5. The quantitative estimate of drug-likeness (QED) is 0.515. The third-order valence-corrected chi connectivity index (χ3v) is 5.21. The molecule has 0 saturated carbocycles. The van der Waals surface area contributed by atoms with Crippen LogP contribution in [-0.2, 0) is 11.2 Å². The maximum Gasteiger partial charge on any atom is 0.258 e. The van der Waals surface area contributed by atoms with Gasteiger partial charge in [0.05, 0.1) is 11.4 Å². The fraction of sp³-hybridized carbons (Fsp3) is 0.136. The smallest absolute Gasteiger partial charge is 0.258 e. The highest BCUT2D eigenvalue weighted by Gasteiger charge is 2.16. The Labute approximate surface area is 167 Å². The predicted molar refractivity (Wildman–Crippen MR) is 110 cm³/mol. The first-order valence-electron chi connectivity index (χ1n) is 8.99. The molecule has 1 atom stereocenters. The molecule has 2 aromatic carbocycles. The van der Waals surface area contributed by atoms with Gasteiger partial charge in [-0.2, -0.15) is 0 Å². The molecule has 5 nitrogen and oxygen atoms in total. The zero-order valence-electron chi connectivity index (χ0n) is 15.1. The molecule has 1 unspecified atom stereocenters. The molecule has 6 heteroatoms. The van der Waals surface area contributed by atoms with Crippen LogP contribution in [0.15, 0.2) is 78.4 Å². The molecule has 0 aliphatic heterocycles. The van der Waals surface area contributed by atoms with Crippen LogP contribution >= 0.6 is 11.3 Å². The van der Waals surface area contributed by atoms with E-state index in [2.05, 4.69) is 27.4 Å². The van der Waals surface area contributed by atoms with Crippen LogP contribution in [0.4, 0.5) is 0 Å². The number of thiophene rings is 1. The van der Waals surface area contributed by atoms with Crippen molar-refractivity contribution in [1.82, 2.24) is 15.3 Å². The first kappa shape index (κ1) is 18.1. The Morgan fingerprint density at radius 2 is 1.75 bits per heavy atom. The van der Waals surface area contributed by atoms with E-state index in [1.165, 1.54) is 17.7 Å². The Balaban J connectivity index is 1.45. The number of carbonyl (C=O) groups is 1. The Morgan fingerprint density at radius 3 is 2.54 bits per heavy atom. The summed E-state index contributed by atoms with van der Waals surface area (Å²) in [5.74, 6) is 0.243. The molecule has 2 heterocycles. The number of amides is 1. The molecule has 0 saturated heterocycles. The van der Waals surface area contributed by atoms with Crippen molar-refractivity contribution in [3.8, 4) is 5.88 Å². The summed E-state index contributed by atoms with van der Waals surface area (Å²) in [6.45, 7) is -0.0971. The maximum absolute atomic E-state index is 12.6. The minimum atomic E-state index is -0.188. The molecule has 0 aliphatic carbocycles. The van der Waals surface area contributed by atoms with Crippen LogP contribution in [0.1, 0.15) is 17.2 Å². The molecule has 4 rings (SSSR count). The van der Waals surface area contributed by atoms with Crippen molar-refractivity contribution in [3.63, 3.8) is 0 Å². The zero-order valence-corrected chi connectivity index (χ0v) is 15.9. The van der Waals surface area contributed by atoms with Gasteiger partial charge in [-0.1, -0.05) is 60.7 Å². The normalized spacial score (nSPS) is 11.9. The first-order valence-corrected chi connectivity index (χ1v) is 9.87. The van der Waals surface area contributed by atoms with Gasteiger partial charge in [0.25, 0.3) is 5.91 Å². The summed E-state index contributed by atoms with van der Waals surface area (Å²) in [5, 5.41) is 5.84. The minimum Gasteiger partial charge on any atom is -0.467 e. The van der Waals surface area contributed by atoms with Gasteiger partial charge in [0.1, 0.15) is 11.2 Å². The second-order valence-electron chi connectivity index (χ2n) is 6.33. The second-order valence-corrected chi connectivity index (χ2v) is 7.22. The number of ether oxygens (including phenoxy) is 1. The molecule has 0 spiro atoms. The number of benzene rings is 2. The summed E-state index contributed by atoms with van der Waals surface area (Å²) in [4.78, 5) is 21.8. The SMILES string of the molecule is O=C(COc1ncnc2sccc12)NC(Cc1ccccc1)c1ccccc1. The van der Waals surface area contributed by atoms with Crippen molar-refractivity contribution in [2.24, 2.45) is 0 Å². The molecular weight excluding hydrogens is 370 g/mol. The van der Waals surface area contributed by atoms with Crippen LogP contribution < -0.4 is 10.1 Å². The highest BCUT2D eigenvalue weighted by Crippen LogP contribution is 2.25. The number of nitrogens with one attached hydrogen (secondary N) is 1. The largest absolute Gasteiger partial charge is 0.467 e. The van der Waals surface area contributed by atoms with E-state index in [0.717, 1.165) is 21.3 Å². The van der Waals surface area contributed by atoms with Gasteiger partial charge < -0.3 is 10.1 Å². The molecule has 0 aliphatic rings. The van der Waals surface area contributed by atoms with E-state index >= 15 is 0 Å². The van der Waals surface area contributed by atoms with Crippen LogP contribution in [0.3, 0.4) is 0 Å². The molecule has 2 aromatic heterocycles. The second kappa shape index (κ2) is 8.63. The summed E-state index contributed by atoms with van der Waals surface area (Å²) in [5.41, 5.74) is 2.22. The number of aromatic nitrogens is 2. The van der Waals surface area contributed by atoms with E-state index in [4.69, 9.17) is 4.74 Å². The van der Waals surface area contributed by atoms with Crippen molar-refractivity contribution < 1.29 is 9.53 Å². The predicted octanol–water partition coefficient (Wildman–Crippen LogP) is 4.17. The minimum absolute atomic E-state index is 0.0971. The lowest BCUT2D eigenvalue weighted by atomic mass is 9.99. The summed E-state index contributed by atoms with van der Waals surface area (Å²) in [6.07, 6.45) is 2.16. The lowest BCUT2D eigenvalue weighted by Gasteiger charge is -2.19. The average molecular weight is 389 g/mol. The Kier molecular flexibility index (Phi) is 5.58. The first-order chi connectivity index (χ1) is 13.8. The van der Waals surface area contributed by atoms with Gasteiger partial charge in [-0.3, -0.25) is 4.79 Å². The van der Waals surface area contributed by atoms with Crippen molar-refractivity contribution in [3.05, 3.63) is 89.6 Å². The zero-order chi connectivity index (χ0) is 19.2. The van der Waals surface area contributed by atoms with E-state index in [9.17, 15) is 4.79 Å². The third kappa shape index (κ3) is 4.35. The summed E-state index contributed by atoms with van der Waals surface area (Å²) in [7, 11) is 0. The van der Waals surface area contributed by atoms with Gasteiger partial charge in [-0.05, 0) is 29.0 Å². The molecule has 4 aromatic rings. The van der Waals surface area contributed by atoms with Crippen molar-refractivity contribution in [2.45, 2.75) is 12.5 Å². The molecule has 1 amide bonds. The van der Waals surface area contributed by atoms with Crippen LogP contribution in [-0.4, -0.2) is 22.5 Å². The molecule has 0 radical (unpaired) electrons. The number of nitrogens with zero attached hydrogens (tertiary/aromatic N) is 2. The van der Waals surface area contributed by atoms with E-state index in [0.29, 0.717) is 12.3 Å². The number of carbonyl (C=O) groups excluding carboxylic acids is 1. The van der Waals surface area contributed by atoms with Crippen LogP contribution in [0.5, 0.6) is 5.88 Å². The summed E-state index contributed by atoms with van der Waals surface area (Å²) >= 11 is 1.51. The molecule has 28 heavy (non-hydrogen) atoms. The number of rotatable bonds is 7. The van der Waals surface area contributed by atoms with Crippen LogP contribution in [0.2, 0.25) is 0 Å². The van der Waals surface area contributed by atoms with E-state index in [-0.39, 0.29) is 18.6 Å². The van der Waals surface area contributed by atoms with Gasteiger partial charge in [-0.25, -0.2) is 9.97 Å². The molecule has 0 fully saturated rings. The van der Waals surface area contributed by atoms with Crippen molar-refractivity contribution in [1.29, 1.82) is 0 Å². The summed E-state index contributed by atoms with van der Waals surface area (Å²) < 4.78 is 5.67. The standard InChI is InChI=1S/C22H19N3O2S/c26-20(14-27-21-18-11-12-28-22(18)24-15-23-21)25-19(17-9-5-2-6-10-17)13-16-7-3-1-4-8-16/h1-12,15,19H,13-14H2,(H,25,26). The summed E-state index contributed by atoms with van der Waals surface area (Å²) in [6, 6.07) is 21.8. The third-order valence-electron chi connectivity index (χ3n) is 4.38. The van der Waals surface area contributed by atoms with Crippen molar-refractivity contribution in [2.75, 3.05) is 6.61 Å². The molecular formula is C22H19N3O2S. The lowest BCUT2D eigenvalue weighted by molar-refractivity contribution is -0.123. The average Bonchev–Trinajstić information content (AvgIpc) is 3.23. The Bertz CT molecular complexity index is 1050. The van der Waals surface area contributed by atoms with Gasteiger partial charge in [0, 0.05) is 0 Å². The van der Waals surface area contributed by atoms with Crippen LogP contribution in [0, 0.1) is 0 Å². The number of hydrogen-bond donors (Lipinski definition) is 1. The van der Waals surface area contributed by atoms with Gasteiger partial charge in [-0.15, -0.1) is 11.3 Å². The van der Waals surface area contributed by atoms with Gasteiger partial charge >= 0.3 is 0 Å². The lowest BCUT2D eigenvalue weighted by Crippen LogP contribution is -2.33. The fourth-order valence-corrected chi connectivity index (χ4v) is 3.76. The monoisotopic (exact) mass is 389 g/mol. The Morgan fingerprint density at radius 1 is 1.00 bits per heavy atom. The topological polar surface area (TPSA) is 64.1 Å². The Hall–Kier alpha value is -3.25. The molecule has 140 valence electrons. The molecule has 0 bridgehead atoms. The van der Waals surface area contributed by atoms with E-state index < -0.39 is 0 Å². The van der Waals surface area contributed by atoms with Gasteiger partial charge in [0.2, 0.25) is 5.88 Å².